The smallest absolute Gasteiger partial charge is 0.225 e. The Labute approximate surface area is 152 Å². The van der Waals surface area contributed by atoms with Crippen molar-refractivity contribution in [3.8, 4) is 6.07 Å². The predicted octanol–water partition coefficient (Wildman–Crippen LogP) is 4.31. The largest absolute Gasteiger partial charge is 0.323 e. The van der Waals surface area contributed by atoms with E-state index in [9.17, 15) is 4.79 Å². The minimum atomic E-state index is -0.00959. The maximum atomic E-state index is 11.9. The van der Waals surface area contributed by atoms with Gasteiger partial charge in [0.2, 0.25) is 5.91 Å². The number of aryl methyl sites for hydroxylation is 1. The van der Waals surface area contributed by atoms with E-state index in [0.717, 1.165) is 36.4 Å². The summed E-state index contributed by atoms with van der Waals surface area (Å²) in [6.07, 6.45) is 8.33. The Bertz CT molecular complexity index is 719. The van der Waals surface area contributed by atoms with Crippen molar-refractivity contribution in [1.82, 2.24) is 9.78 Å². The molecule has 0 atom stereocenters. The number of amides is 1. The van der Waals surface area contributed by atoms with Gasteiger partial charge in [-0.25, -0.2) is 0 Å². The Morgan fingerprint density at radius 3 is 2.96 bits per heavy atom. The number of benzene rings is 1. The normalized spacial score (nSPS) is 10.7. The van der Waals surface area contributed by atoms with Gasteiger partial charge in [-0.15, -0.1) is 11.8 Å². The number of anilines is 1. The zero-order chi connectivity index (χ0) is 17.7. The van der Waals surface area contributed by atoms with Crippen LogP contribution in [0.15, 0.2) is 48.1 Å². The molecule has 0 bridgehead atoms. The number of thioether (sulfide) groups is 1. The predicted molar refractivity (Wildman–Crippen MR) is 103 cm³/mol. The van der Waals surface area contributed by atoms with E-state index >= 15 is 0 Å². The number of carbonyl (C=O) groups is 1. The van der Waals surface area contributed by atoms with Crippen LogP contribution in [0.1, 0.15) is 31.2 Å². The standard InChI is InChI=1S/C19H22N4OS/c20-11-5-2-6-12-23-16-18(15-21-23)22-19(24)10-14-25-13-9-17-7-3-1-4-8-17/h1,3-4,7-9,13,15-16H,2,5-6,10,12,14H2,(H,22,24). The van der Waals surface area contributed by atoms with Gasteiger partial charge in [0.15, 0.2) is 0 Å². The van der Waals surface area contributed by atoms with Gasteiger partial charge in [-0.1, -0.05) is 30.3 Å². The lowest BCUT2D eigenvalue weighted by atomic mass is 10.2. The van der Waals surface area contributed by atoms with E-state index in [4.69, 9.17) is 5.26 Å². The molecule has 0 spiro atoms. The quantitative estimate of drug-likeness (QED) is 0.645. The minimum absolute atomic E-state index is 0.00959. The molecule has 0 saturated carbocycles. The molecular weight excluding hydrogens is 332 g/mol. The Morgan fingerprint density at radius 2 is 2.16 bits per heavy atom. The first-order valence-corrected chi connectivity index (χ1v) is 9.35. The van der Waals surface area contributed by atoms with E-state index in [-0.39, 0.29) is 5.91 Å². The summed E-state index contributed by atoms with van der Waals surface area (Å²) in [5.41, 5.74) is 1.87. The summed E-state index contributed by atoms with van der Waals surface area (Å²) in [5.74, 6) is 0.724. The molecule has 0 aliphatic carbocycles. The summed E-state index contributed by atoms with van der Waals surface area (Å²) in [6.45, 7) is 0.762. The van der Waals surface area contributed by atoms with Gasteiger partial charge in [-0.3, -0.25) is 9.48 Å². The van der Waals surface area contributed by atoms with E-state index in [1.807, 2.05) is 48.0 Å². The number of hydrogen-bond acceptors (Lipinski definition) is 4. The molecule has 25 heavy (non-hydrogen) atoms. The molecule has 130 valence electrons. The third kappa shape index (κ3) is 7.73. The highest BCUT2D eigenvalue weighted by Gasteiger charge is 2.04. The molecule has 1 heterocycles. The third-order valence-electron chi connectivity index (χ3n) is 3.45. The molecule has 6 heteroatoms. The van der Waals surface area contributed by atoms with Crippen LogP contribution in [-0.4, -0.2) is 21.4 Å². The van der Waals surface area contributed by atoms with E-state index in [1.165, 1.54) is 0 Å². The van der Waals surface area contributed by atoms with Crippen LogP contribution in [0, 0.1) is 11.3 Å². The summed E-state index contributed by atoms with van der Waals surface area (Å²) in [4.78, 5) is 11.9. The van der Waals surface area contributed by atoms with Gasteiger partial charge < -0.3 is 5.32 Å². The van der Waals surface area contributed by atoms with Crippen LogP contribution in [0.2, 0.25) is 0 Å². The zero-order valence-corrected chi connectivity index (χ0v) is 14.9. The lowest BCUT2D eigenvalue weighted by molar-refractivity contribution is -0.115. The molecule has 2 rings (SSSR count). The van der Waals surface area contributed by atoms with Crippen molar-refractivity contribution in [3.05, 3.63) is 53.7 Å². The summed E-state index contributed by atoms with van der Waals surface area (Å²) in [6, 6.07) is 12.2. The van der Waals surface area contributed by atoms with Gasteiger partial charge >= 0.3 is 0 Å². The number of aromatic nitrogens is 2. The molecule has 0 radical (unpaired) electrons. The van der Waals surface area contributed by atoms with Crippen molar-refractivity contribution >= 4 is 29.4 Å². The van der Waals surface area contributed by atoms with Gasteiger partial charge in [0.25, 0.3) is 0 Å². The molecule has 2 aromatic rings. The average Bonchev–Trinajstić information content (AvgIpc) is 3.06. The van der Waals surface area contributed by atoms with Crippen molar-refractivity contribution in [2.24, 2.45) is 0 Å². The van der Waals surface area contributed by atoms with Crippen LogP contribution in [0.25, 0.3) is 6.08 Å². The van der Waals surface area contributed by atoms with Crippen LogP contribution < -0.4 is 5.32 Å². The monoisotopic (exact) mass is 354 g/mol. The molecule has 1 aromatic carbocycles. The maximum Gasteiger partial charge on any atom is 0.225 e. The topological polar surface area (TPSA) is 70.7 Å². The first-order valence-electron chi connectivity index (χ1n) is 8.30. The van der Waals surface area contributed by atoms with Gasteiger partial charge in [0.1, 0.15) is 0 Å². The second kappa shape index (κ2) is 11.1. The number of nitriles is 1. The molecule has 5 nitrogen and oxygen atoms in total. The zero-order valence-electron chi connectivity index (χ0n) is 14.1. The Morgan fingerprint density at radius 1 is 1.32 bits per heavy atom. The van der Waals surface area contributed by atoms with Gasteiger partial charge in [0, 0.05) is 31.3 Å². The van der Waals surface area contributed by atoms with Crippen LogP contribution in [0.4, 0.5) is 5.69 Å². The van der Waals surface area contributed by atoms with E-state index in [2.05, 4.69) is 16.5 Å². The molecule has 0 unspecified atom stereocenters. The first-order chi connectivity index (χ1) is 12.3. The van der Waals surface area contributed by atoms with E-state index in [0.29, 0.717) is 12.8 Å². The molecule has 1 amide bonds. The Hall–Kier alpha value is -2.52. The number of carbonyl (C=O) groups excluding carboxylic acids is 1. The van der Waals surface area contributed by atoms with Crippen molar-refractivity contribution in [1.29, 1.82) is 5.26 Å². The van der Waals surface area contributed by atoms with Gasteiger partial charge in [0.05, 0.1) is 18.0 Å². The number of hydrogen-bond donors (Lipinski definition) is 1. The van der Waals surface area contributed by atoms with Crippen molar-refractivity contribution in [2.75, 3.05) is 11.1 Å². The molecule has 1 N–H and O–H groups in total. The number of nitrogens with one attached hydrogen (secondary N) is 1. The van der Waals surface area contributed by atoms with E-state index in [1.54, 1.807) is 22.6 Å². The van der Waals surface area contributed by atoms with Crippen LogP contribution >= 0.6 is 11.8 Å². The van der Waals surface area contributed by atoms with Crippen LogP contribution in [0.5, 0.6) is 0 Å². The molecule has 1 aromatic heterocycles. The highest BCUT2D eigenvalue weighted by Crippen LogP contribution is 2.11. The molecule has 0 aliphatic rings. The molecular formula is C19H22N4OS. The van der Waals surface area contributed by atoms with Gasteiger partial charge in [-0.05, 0) is 29.9 Å². The van der Waals surface area contributed by atoms with Crippen molar-refractivity contribution in [2.45, 2.75) is 32.2 Å². The molecule has 0 aliphatic heterocycles. The first kappa shape index (κ1) is 18.8. The van der Waals surface area contributed by atoms with Crippen LogP contribution in [-0.2, 0) is 11.3 Å². The molecule has 0 saturated heterocycles. The average molecular weight is 354 g/mol. The Kier molecular flexibility index (Phi) is 8.36. The summed E-state index contributed by atoms with van der Waals surface area (Å²) >= 11 is 1.62. The lowest BCUT2D eigenvalue weighted by Crippen LogP contribution is -2.11. The van der Waals surface area contributed by atoms with E-state index < -0.39 is 0 Å². The number of rotatable bonds is 10. The summed E-state index contributed by atoms with van der Waals surface area (Å²) in [7, 11) is 0. The van der Waals surface area contributed by atoms with Crippen molar-refractivity contribution in [3.63, 3.8) is 0 Å². The summed E-state index contributed by atoms with van der Waals surface area (Å²) in [5, 5.41) is 17.6. The maximum absolute atomic E-state index is 11.9. The second-order valence-electron chi connectivity index (χ2n) is 5.49. The third-order valence-corrected chi connectivity index (χ3v) is 4.21. The summed E-state index contributed by atoms with van der Waals surface area (Å²) < 4.78 is 1.80. The second-order valence-corrected chi connectivity index (χ2v) is 6.50. The highest BCUT2D eigenvalue weighted by atomic mass is 32.2. The highest BCUT2D eigenvalue weighted by molar-refractivity contribution is 8.02. The molecule has 0 fully saturated rings. The minimum Gasteiger partial charge on any atom is -0.323 e. The fourth-order valence-corrected chi connectivity index (χ4v) is 2.85. The SMILES string of the molecule is N#CCCCCn1cc(NC(=O)CCSC=Cc2ccccc2)cn1. The number of nitrogens with zero attached hydrogens (tertiary/aromatic N) is 3. The fourth-order valence-electron chi connectivity index (χ4n) is 2.16. The van der Waals surface area contributed by atoms with Crippen molar-refractivity contribution < 1.29 is 4.79 Å². The number of unbranched alkanes of at least 4 members (excludes halogenated alkanes) is 2. The Balaban J connectivity index is 1.63. The lowest BCUT2D eigenvalue weighted by Gasteiger charge is -2.01. The van der Waals surface area contributed by atoms with Gasteiger partial charge in [-0.2, -0.15) is 10.4 Å². The van der Waals surface area contributed by atoms with Crippen LogP contribution in [0.3, 0.4) is 0 Å². The fraction of sp³-hybridized carbons (Fsp3) is 0.316.